The molecule has 1 heterocycles. The first-order chi connectivity index (χ1) is 13.4. The van der Waals surface area contributed by atoms with Crippen molar-refractivity contribution in [2.45, 2.75) is 4.34 Å². The van der Waals surface area contributed by atoms with Crippen LogP contribution in [-0.2, 0) is 4.79 Å². The Labute approximate surface area is 165 Å². The summed E-state index contributed by atoms with van der Waals surface area (Å²) in [6, 6.07) is 8.93. The van der Waals surface area contributed by atoms with E-state index in [1.165, 1.54) is 6.07 Å². The van der Waals surface area contributed by atoms with Gasteiger partial charge in [0, 0.05) is 12.1 Å². The molecule has 3 rings (SSSR count). The van der Waals surface area contributed by atoms with Crippen LogP contribution in [0.4, 0.5) is 31.0 Å². The molecule has 0 bridgehead atoms. The van der Waals surface area contributed by atoms with E-state index in [1.54, 1.807) is 18.2 Å². The van der Waals surface area contributed by atoms with E-state index in [4.69, 9.17) is 0 Å². The first-order valence-corrected chi connectivity index (χ1v) is 9.44. The van der Waals surface area contributed by atoms with Gasteiger partial charge in [0.15, 0.2) is 4.34 Å². The smallest absolute Gasteiger partial charge is 0.271 e. The van der Waals surface area contributed by atoms with Gasteiger partial charge in [0.25, 0.3) is 5.69 Å². The van der Waals surface area contributed by atoms with Gasteiger partial charge in [-0.25, -0.2) is 8.78 Å². The second-order valence-electron chi connectivity index (χ2n) is 5.24. The number of halogens is 2. The number of nitrogens with one attached hydrogen (secondary N) is 2. The zero-order valence-electron chi connectivity index (χ0n) is 13.9. The van der Waals surface area contributed by atoms with Crippen LogP contribution in [0.25, 0.3) is 0 Å². The highest BCUT2D eigenvalue weighted by Gasteiger charge is 2.14. The molecule has 1 aromatic heterocycles. The Morgan fingerprint density at radius 1 is 1.14 bits per heavy atom. The molecule has 0 saturated heterocycles. The quantitative estimate of drug-likeness (QED) is 0.333. The summed E-state index contributed by atoms with van der Waals surface area (Å²) in [5.41, 5.74) is -0.370. The SMILES string of the molecule is O=C(CSc1nnc(Nc2ccccc2F)s1)Nc1cc([N+](=O)[O-])ccc1F. The first kappa shape index (κ1) is 19.6. The van der Waals surface area contributed by atoms with Gasteiger partial charge in [0.1, 0.15) is 11.6 Å². The molecular formula is C16H11F2N5O3S2. The number of benzene rings is 2. The van der Waals surface area contributed by atoms with Crippen molar-refractivity contribution in [3.8, 4) is 0 Å². The molecule has 0 unspecified atom stereocenters. The summed E-state index contributed by atoms with van der Waals surface area (Å²) in [4.78, 5) is 22.0. The van der Waals surface area contributed by atoms with E-state index < -0.39 is 22.5 Å². The number of non-ortho nitro benzene ring substituents is 1. The summed E-state index contributed by atoms with van der Waals surface area (Å²) in [6.07, 6.45) is 0. The molecule has 144 valence electrons. The molecule has 0 saturated carbocycles. The fourth-order valence-corrected chi connectivity index (χ4v) is 3.60. The minimum atomic E-state index is -0.781. The lowest BCUT2D eigenvalue weighted by Crippen LogP contribution is -2.15. The van der Waals surface area contributed by atoms with E-state index in [0.29, 0.717) is 9.47 Å². The summed E-state index contributed by atoms with van der Waals surface area (Å²) in [5, 5.41) is 23.9. The number of carbonyl (C=O) groups is 1. The topological polar surface area (TPSA) is 110 Å². The molecule has 0 aliphatic carbocycles. The lowest BCUT2D eigenvalue weighted by Gasteiger charge is -2.05. The number of hydrogen-bond donors (Lipinski definition) is 2. The average Bonchev–Trinajstić information content (AvgIpc) is 3.11. The van der Waals surface area contributed by atoms with Gasteiger partial charge in [-0.1, -0.05) is 35.2 Å². The zero-order chi connectivity index (χ0) is 20.1. The van der Waals surface area contributed by atoms with E-state index in [2.05, 4.69) is 20.8 Å². The minimum Gasteiger partial charge on any atom is -0.328 e. The maximum Gasteiger partial charge on any atom is 0.271 e. The van der Waals surface area contributed by atoms with Crippen LogP contribution < -0.4 is 10.6 Å². The molecule has 2 N–H and O–H groups in total. The second kappa shape index (κ2) is 8.71. The van der Waals surface area contributed by atoms with E-state index in [-0.39, 0.29) is 22.8 Å². The Hall–Kier alpha value is -3.12. The molecule has 28 heavy (non-hydrogen) atoms. The van der Waals surface area contributed by atoms with Gasteiger partial charge in [0.2, 0.25) is 11.0 Å². The highest BCUT2D eigenvalue weighted by molar-refractivity contribution is 8.01. The van der Waals surface area contributed by atoms with Gasteiger partial charge in [0.05, 0.1) is 22.1 Å². The molecular weight excluding hydrogens is 412 g/mol. The number of anilines is 3. The molecule has 0 spiro atoms. The van der Waals surface area contributed by atoms with Crippen molar-refractivity contribution in [3.63, 3.8) is 0 Å². The normalized spacial score (nSPS) is 10.5. The van der Waals surface area contributed by atoms with Crippen molar-refractivity contribution in [2.75, 3.05) is 16.4 Å². The molecule has 1 amide bonds. The number of nitrogens with zero attached hydrogens (tertiary/aromatic N) is 3. The number of carbonyl (C=O) groups excluding carboxylic acids is 1. The van der Waals surface area contributed by atoms with Crippen molar-refractivity contribution < 1.29 is 18.5 Å². The van der Waals surface area contributed by atoms with E-state index in [1.807, 2.05) is 0 Å². The Kier molecular flexibility index (Phi) is 6.11. The van der Waals surface area contributed by atoms with E-state index >= 15 is 0 Å². The van der Waals surface area contributed by atoms with E-state index in [9.17, 15) is 23.7 Å². The third-order valence-electron chi connectivity index (χ3n) is 3.28. The Morgan fingerprint density at radius 2 is 1.89 bits per heavy atom. The van der Waals surface area contributed by atoms with Gasteiger partial charge in [-0.15, -0.1) is 10.2 Å². The summed E-state index contributed by atoms with van der Waals surface area (Å²) >= 11 is 2.16. The number of nitro benzene ring substituents is 1. The van der Waals surface area contributed by atoms with Gasteiger partial charge >= 0.3 is 0 Å². The highest BCUT2D eigenvalue weighted by Crippen LogP contribution is 2.29. The van der Waals surface area contributed by atoms with Crippen LogP contribution in [0, 0.1) is 21.7 Å². The number of rotatable bonds is 7. The van der Waals surface area contributed by atoms with Crippen LogP contribution in [-0.4, -0.2) is 26.8 Å². The number of nitro groups is 1. The molecule has 0 radical (unpaired) electrons. The highest BCUT2D eigenvalue weighted by atomic mass is 32.2. The summed E-state index contributed by atoms with van der Waals surface area (Å²) in [7, 11) is 0. The molecule has 0 atom stereocenters. The molecule has 0 aliphatic rings. The molecule has 12 heteroatoms. The Bertz CT molecular complexity index is 1030. The van der Waals surface area contributed by atoms with Crippen LogP contribution in [0.5, 0.6) is 0 Å². The number of aromatic nitrogens is 2. The van der Waals surface area contributed by atoms with Crippen molar-refractivity contribution >= 4 is 51.2 Å². The van der Waals surface area contributed by atoms with Crippen LogP contribution in [0.2, 0.25) is 0 Å². The zero-order valence-corrected chi connectivity index (χ0v) is 15.5. The van der Waals surface area contributed by atoms with E-state index in [0.717, 1.165) is 41.3 Å². The maximum absolute atomic E-state index is 13.7. The lowest BCUT2D eigenvalue weighted by molar-refractivity contribution is -0.384. The molecule has 8 nitrogen and oxygen atoms in total. The molecule has 0 aliphatic heterocycles. The lowest BCUT2D eigenvalue weighted by atomic mass is 10.2. The number of hydrogen-bond acceptors (Lipinski definition) is 8. The predicted molar refractivity (Wildman–Crippen MR) is 102 cm³/mol. The molecule has 2 aromatic carbocycles. The fraction of sp³-hybridized carbons (Fsp3) is 0.0625. The maximum atomic E-state index is 13.7. The first-order valence-electron chi connectivity index (χ1n) is 7.64. The van der Waals surface area contributed by atoms with Crippen LogP contribution >= 0.6 is 23.1 Å². The van der Waals surface area contributed by atoms with Crippen molar-refractivity contribution in [2.24, 2.45) is 0 Å². The number of para-hydroxylation sites is 1. The van der Waals surface area contributed by atoms with Crippen molar-refractivity contribution in [3.05, 3.63) is 64.2 Å². The summed E-state index contributed by atoms with van der Waals surface area (Å²) in [5.74, 6) is -1.90. The standard InChI is InChI=1S/C16H11F2N5O3S2/c17-10-3-1-2-4-12(10)20-15-21-22-16(28-15)27-8-14(24)19-13-7-9(23(25)26)5-6-11(13)18/h1-7H,8H2,(H,19,24)(H,20,21). The van der Waals surface area contributed by atoms with Gasteiger partial charge < -0.3 is 10.6 Å². The average molecular weight is 423 g/mol. The van der Waals surface area contributed by atoms with Gasteiger partial charge in [-0.05, 0) is 18.2 Å². The van der Waals surface area contributed by atoms with Crippen LogP contribution in [0.3, 0.4) is 0 Å². The largest absolute Gasteiger partial charge is 0.328 e. The third kappa shape index (κ3) is 4.98. The minimum absolute atomic E-state index is 0.115. The Morgan fingerprint density at radius 3 is 2.64 bits per heavy atom. The van der Waals surface area contributed by atoms with Crippen LogP contribution in [0.15, 0.2) is 46.8 Å². The second-order valence-corrected chi connectivity index (χ2v) is 7.44. The molecule has 3 aromatic rings. The van der Waals surface area contributed by atoms with Crippen molar-refractivity contribution in [1.82, 2.24) is 10.2 Å². The van der Waals surface area contributed by atoms with Gasteiger partial charge in [-0.2, -0.15) is 0 Å². The summed E-state index contributed by atoms with van der Waals surface area (Å²) < 4.78 is 27.8. The Balaban J connectivity index is 1.57. The third-order valence-corrected chi connectivity index (χ3v) is 5.26. The van der Waals surface area contributed by atoms with Crippen LogP contribution in [0.1, 0.15) is 0 Å². The van der Waals surface area contributed by atoms with Crippen molar-refractivity contribution in [1.29, 1.82) is 0 Å². The van der Waals surface area contributed by atoms with Gasteiger partial charge in [-0.3, -0.25) is 14.9 Å². The molecule has 0 fully saturated rings. The number of thioether (sulfide) groups is 1. The number of amides is 1. The summed E-state index contributed by atoms with van der Waals surface area (Å²) in [6.45, 7) is 0. The predicted octanol–water partition coefficient (Wildman–Crippen LogP) is 4.20. The fourth-order valence-electron chi connectivity index (χ4n) is 2.03. The monoisotopic (exact) mass is 423 g/mol.